The summed E-state index contributed by atoms with van der Waals surface area (Å²) < 4.78 is 25.0. The molecule has 1 N–H and O–H groups in total. The molecule has 130 valence electrons. The number of nitrogens with zero attached hydrogens (tertiary/aromatic N) is 3. The van der Waals surface area contributed by atoms with Crippen molar-refractivity contribution in [3.05, 3.63) is 30.1 Å². The highest BCUT2D eigenvalue weighted by Gasteiger charge is 2.23. The van der Waals surface area contributed by atoms with Gasteiger partial charge in [-0.3, -0.25) is 14.0 Å². The zero-order chi connectivity index (χ0) is 17.9. The average Bonchev–Trinajstić information content (AvgIpc) is 2.93. The van der Waals surface area contributed by atoms with E-state index in [9.17, 15) is 18.0 Å². The van der Waals surface area contributed by atoms with Crippen molar-refractivity contribution in [1.82, 2.24) is 19.6 Å². The fourth-order valence-electron chi connectivity index (χ4n) is 2.37. The number of nitrogens with one attached hydrogen (secondary N) is 1. The number of fused-ring (bicyclic) bond motifs is 1. The molecule has 2 aromatic rings. The molecule has 0 atom stereocenters. The molecule has 0 aliphatic rings. The van der Waals surface area contributed by atoms with Gasteiger partial charge in [-0.15, -0.1) is 0 Å². The van der Waals surface area contributed by atoms with Crippen LogP contribution in [0, 0.1) is 0 Å². The van der Waals surface area contributed by atoms with Crippen LogP contribution in [-0.4, -0.2) is 60.4 Å². The van der Waals surface area contributed by atoms with Crippen molar-refractivity contribution < 1.29 is 18.0 Å². The van der Waals surface area contributed by atoms with Crippen LogP contribution in [0.15, 0.2) is 29.6 Å². The van der Waals surface area contributed by atoms with E-state index in [-0.39, 0.29) is 23.3 Å². The molecule has 0 unspecified atom stereocenters. The summed E-state index contributed by atoms with van der Waals surface area (Å²) >= 11 is 0. The maximum atomic E-state index is 12.4. The number of amides is 2. The minimum absolute atomic E-state index is 0.0247. The molecule has 2 amide bonds. The molecule has 0 saturated carbocycles. The maximum Gasteiger partial charge on any atom is 0.272 e. The molecule has 0 aromatic carbocycles. The van der Waals surface area contributed by atoms with Gasteiger partial charge >= 0.3 is 0 Å². The van der Waals surface area contributed by atoms with Gasteiger partial charge in [-0.2, -0.15) is 0 Å². The van der Waals surface area contributed by atoms with Gasteiger partial charge in [0.1, 0.15) is 0 Å². The largest absolute Gasteiger partial charge is 0.342 e. The quantitative estimate of drug-likeness (QED) is 0.808. The fraction of sp³-hybridized carbons (Fsp3) is 0.400. The zero-order valence-corrected chi connectivity index (χ0v) is 14.6. The summed E-state index contributed by atoms with van der Waals surface area (Å²) in [6.45, 7) is 4.64. The van der Waals surface area contributed by atoms with E-state index in [1.165, 1.54) is 10.6 Å². The van der Waals surface area contributed by atoms with Crippen molar-refractivity contribution in [3.63, 3.8) is 0 Å². The summed E-state index contributed by atoms with van der Waals surface area (Å²) in [5.74, 6) is -0.797. The predicted octanol–water partition coefficient (Wildman–Crippen LogP) is 0.336. The Morgan fingerprint density at radius 1 is 1.25 bits per heavy atom. The summed E-state index contributed by atoms with van der Waals surface area (Å²) in [4.78, 5) is 29.9. The number of carbonyl (C=O) groups is 2. The van der Waals surface area contributed by atoms with E-state index < -0.39 is 15.7 Å². The number of hydrogen-bond donors (Lipinski definition) is 1. The van der Waals surface area contributed by atoms with Crippen molar-refractivity contribution in [1.29, 1.82) is 0 Å². The van der Waals surface area contributed by atoms with Crippen molar-refractivity contribution in [2.24, 2.45) is 0 Å². The van der Waals surface area contributed by atoms with Gasteiger partial charge in [0.25, 0.3) is 5.91 Å². The number of carbonyl (C=O) groups excluding carboxylic acids is 2. The first-order valence-corrected chi connectivity index (χ1v) is 9.41. The van der Waals surface area contributed by atoms with E-state index in [4.69, 9.17) is 0 Å². The predicted molar refractivity (Wildman–Crippen MR) is 88.6 cm³/mol. The number of hydrogen-bond acceptors (Lipinski definition) is 5. The van der Waals surface area contributed by atoms with E-state index in [0.29, 0.717) is 18.6 Å². The van der Waals surface area contributed by atoms with E-state index in [2.05, 4.69) is 10.3 Å². The van der Waals surface area contributed by atoms with Gasteiger partial charge in [0.15, 0.2) is 5.69 Å². The molecule has 9 heteroatoms. The summed E-state index contributed by atoms with van der Waals surface area (Å²) in [7, 11) is -3.60. The molecule has 0 spiro atoms. The molecular formula is C15H20N4O4S. The van der Waals surface area contributed by atoms with Crippen LogP contribution in [-0.2, 0) is 14.6 Å². The Kier molecular flexibility index (Phi) is 5.23. The first-order chi connectivity index (χ1) is 11.3. The Balaban J connectivity index is 2.29. The van der Waals surface area contributed by atoms with Crippen LogP contribution in [0.4, 0.5) is 0 Å². The number of imidazole rings is 1. The second kappa shape index (κ2) is 7.00. The summed E-state index contributed by atoms with van der Waals surface area (Å²) in [6.07, 6.45) is 2.55. The summed E-state index contributed by atoms with van der Waals surface area (Å²) in [6, 6.07) is 4.93. The highest BCUT2D eigenvalue weighted by molar-refractivity contribution is 7.90. The smallest absolute Gasteiger partial charge is 0.272 e. The molecular weight excluding hydrogens is 332 g/mol. The van der Waals surface area contributed by atoms with Gasteiger partial charge in [0.2, 0.25) is 20.9 Å². The monoisotopic (exact) mass is 352 g/mol. The van der Waals surface area contributed by atoms with Crippen LogP contribution in [0.2, 0.25) is 0 Å². The molecule has 0 aliphatic carbocycles. The van der Waals surface area contributed by atoms with Gasteiger partial charge in [-0.25, -0.2) is 13.4 Å². The molecule has 0 bridgehead atoms. The summed E-state index contributed by atoms with van der Waals surface area (Å²) in [5, 5.41) is 2.29. The number of pyridine rings is 1. The normalized spacial score (nSPS) is 11.5. The Bertz CT molecular complexity index is 869. The Hall–Kier alpha value is -2.42. The molecule has 2 aromatic heterocycles. The van der Waals surface area contributed by atoms with Crippen LogP contribution in [0.1, 0.15) is 24.3 Å². The number of rotatable bonds is 6. The molecule has 8 nitrogen and oxygen atoms in total. The Morgan fingerprint density at radius 3 is 2.50 bits per heavy atom. The highest BCUT2D eigenvalue weighted by atomic mass is 32.2. The van der Waals surface area contributed by atoms with Crippen molar-refractivity contribution in [2.45, 2.75) is 19.0 Å². The van der Waals surface area contributed by atoms with Gasteiger partial charge < -0.3 is 10.2 Å². The van der Waals surface area contributed by atoms with E-state index in [1.54, 1.807) is 23.1 Å². The van der Waals surface area contributed by atoms with Crippen molar-refractivity contribution >= 4 is 27.2 Å². The minimum atomic E-state index is -3.60. The molecule has 2 heterocycles. The topological polar surface area (TPSA) is 101 Å². The third kappa shape index (κ3) is 3.56. The number of likely N-dealkylation sites (N-methyl/N-ethyl adjacent to an activating group) is 1. The SMILES string of the molecule is CCN(CC)C(=O)CNC(=O)c1nc(S(C)(=O)=O)n2ccccc12. The molecule has 0 saturated heterocycles. The van der Waals surface area contributed by atoms with Crippen LogP contribution >= 0.6 is 0 Å². The number of aromatic nitrogens is 2. The lowest BCUT2D eigenvalue weighted by Crippen LogP contribution is -2.40. The van der Waals surface area contributed by atoms with Crippen molar-refractivity contribution in [2.75, 3.05) is 25.9 Å². The molecule has 2 rings (SSSR count). The van der Waals surface area contributed by atoms with Gasteiger partial charge in [0, 0.05) is 25.5 Å². The Morgan fingerprint density at radius 2 is 1.92 bits per heavy atom. The highest BCUT2D eigenvalue weighted by Crippen LogP contribution is 2.16. The number of sulfone groups is 1. The molecule has 24 heavy (non-hydrogen) atoms. The Labute approximate surface area is 140 Å². The van der Waals surface area contributed by atoms with Gasteiger partial charge in [-0.05, 0) is 26.0 Å². The average molecular weight is 352 g/mol. The minimum Gasteiger partial charge on any atom is -0.342 e. The van der Waals surface area contributed by atoms with Gasteiger partial charge in [-0.1, -0.05) is 6.07 Å². The lowest BCUT2D eigenvalue weighted by molar-refractivity contribution is -0.129. The fourth-order valence-corrected chi connectivity index (χ4v) is 3.14. The van der Waals surface area contributed by atoms with Crippen LogP contribution in [0.25, 0.3) is 5.52 Å². The standard InChI is InChI=1S/C15H20N4O4S/c1-4-18(5-2)12(20)10-16-14(21)13-11-8-6-7-9-19(11)15(17-13)24(3,22)23/h6-9H,4-5,10H2,1-3H3,(H,16,21). The van der Waals surface area contributed by atoms with E-state index >= 15 is 0 Å². The van der Waals surface area contributed by atoms with E-state index in [1.807, 2.05) is 13.8 Å². The third-order valence-corrected chi connectivity index (χ3v) is 4.53. The zero-order valence-electron chi connectivity index (χ0n) is 13.8. The second-order valence-electron chi connectivity index (χ2n) is 5.22. The first-order valence-electron chi connectivity index (χ1n) is 7.52. The van der Waals surface area contributed by atoms with Crippen molar-refractivity contribution in [3.8, 4) is 0 Å². The van der Waals surface area contributed by atoms with Crippen LogP contribution in [0.3, 0.4) is 0 Å². The molecule has 0 fully saturated rings. The van der Waals surface area contributed by atoms with Crippen LogP contribution < -0.4 is 5.32 Å². The first kappa shape index (κ1) is 17.9. The second-order valence-corrected chi connectivity index (χ2v) is 7.13. The lowest BCUT2D eigenvalue weighted by atomic mass is 10.3. The maximum absolute atomic E-state index is 12.4. The van der Waals surface area contributed by atoms with E-state index in [0.717, 1.165) is 6.26 Å². The lowest BCUT2D eigenvalue weighted by Gasteiger charge is -2.18. The van der Waals surface area contributed by atoms with Gasteiger partial charge in [0.05, 0.1) is 12.1 Å². The van der Waals surface area contributed by atoms with Crippen LogP contribution in [0.5, 0.6) is 0 Å². The third-order valence-electron chi connectivity index (χ3n) is 3.58. The molecule has 0 aliphatic heterocycles. The molecule has 0 radical (unpaired) electrons. The summed E-state index contributed by atoms with van der Waals surface area (Å²) in [5.41, 5.74) is 0.342.